The molecule has 1 heterocycles. The fourth-order valence-electron chi connectivity index (χ4n) is 0.750. The molecular formula is C7H6BrClFN. The normalized spacial score (nSPS) is 10.1. The van der Waals surface area contributed by atoms with E-state index in [0.717, 1.165) is 17.3 Å². The molecule has 11 heavy (non-hydrogen) atoms. The summed E-state index contributed by atoms with van der Waals surface area (Å²) < 4.78 is 12.6. The molecule has 0 aliphatic rings. The molecular weight excluding hydrogens is 232 g/mol. The molecule has 60 valence electrons. The molecule has 0 spiro atoms. The van der Waals surface area contributed by atoms with E-state index in [9.17, 15) is 4.39 Å². The molecule has 1 rings (SSSR count). The van der Waals surface area contributed by atoms with Crippen LogP contribution < -0.4 is 0 Å². The van der Waals surface area contributed by atoms with E-state index in [0.29, 0.717) is 0 Å². The number of nitrogens with zero attached hydrogens (tertiary/aromatic N) is 1. The summed E-state index contributed by atoms with van der Waals surface area (Å²) >= 11 is 8.86. The van der Waals surface area contributed by atoms with E-state index in [1.165, 1.54) is 6.20 Å². The lowest BCUT2D eigenvalue weighted by Gasteiger charge is -2.00. The fraction of sp³-hybridized carbons (Fsp3) is 0.286. The molecule has 0 aliphatic heterocycles. The average molecular weight is 238 g/mol. The van der Waals surface area contributed by atoms with Crippen LogP contribution in [0.3, 0.4) is 0 Å². The Morgan fingerprint density at radius 3 is 3.00 bits per heavy atom. The molecule has 0 saturated heterocycles. The van der Waals surface area contributed by atoms with Crippen LogP contribution in [0.15, 0.2) is 12.3 Å². The van der Waals surface area contributed by atoms with Gasteiger partial charge in [0, 0.05) is 11.5 Å². The summed E-state index contributed by atoms with van der Waals surface area (Å²) in [7, 11) is 0. The van der Waals surface area contributed by atoms with Gasteiger partial charge in [-0.3, -0.25) is 0 Å². The lowest BCUT2D eigenvalue weighted by Crippen LogP contribution is -1.92. The summed E-state index contributed by atoms with van der Waals surface area (Å²) in [5.41, 5.74) is 0.788. The Balaban J connectivity index is 2.96. The standard InChI is InChI=1S/C7H6BrClFN/c8-3-1-5-2-4-11-7(10)6(5)9/h2,4H,1,3H2. The second-order valence-corrected chi connectivity index (χ2v) is 3.18. The zero-order chi connectivity index (χ0) is 8.27. The number of rotatable bonds is 2. The van der Waals surface area contributed by atoms with Gasteiger partial charge in [-0.05, 0) is 18.1 Å². The molecule has 1 nitrogen and oxygen atoms in total. The Labute approximate surface area is 77.7 Å². The lowest BCUT2D eigenvalue weighted by molar-refractivity contribution is 0.582. The van der Waals surface area contributed by atoms with Crippen molar-refractivity contribution in [2.24, 2.45) is 0 Å². The maximum Gasteiger partial charge on any atom is 0.231 e. The van der Waals surface area contributed by atoms with Crippen molar-refractivity contribution in [1.82, 2.24) is 4.98 Å². The SMILES string of the molecule is Fc1nccc(CCBr)c1Cl. The zero-order valence-electron chi connectivity index (χ0n) is 5.65. The van der Waals surface area contributed by atoms with Gasteiger partial charge in [-0.1, -0.05) is 27.5 Å². The average Bonchev–Trinajstić information content (AvgIpc) is 1.99. The van der Waals surface area contributed by atoms with Crippen LogP contribution in [-0.4, -0.2) is 10.3 Å². The van der Waals surface area contributed by atoms with Crippen molar-refractivity contribution in [2.45, 2.75) is 6.42 Å². The molecule has 0 atom stereocenters. The highest BCUT2D eigenvalue weighted by atomic mass is 79.9. The van der Waals surface area contributed by atoms with E-state index < -0.39 is 5.95 Å². The third-order valence-electron chi connectivity index (χ3n) is 1.29. The van der Waals surface area contributed by atoms with Gasteiger partial charge in [0.2, 0.25) is 5.95 Å². The number of alkyl halides is 1. The Morgan fingerprint density at radius 2 is 2.36 bits per heavy atom. The maximum absolute atomic E-state index is 12.6. The molecule has 0 unspecified atom stereocenters. The fourth-order valence-corrected chi connectivity index (χ4v) is 1.38. The van der Waals surface area contributed by atoms with Crippen LogP contribution >= 0.6 is 27.5 Å². The first-order valence-electron chi connectivity index (χ1n) is 3.10. The Hall–Kier alpha value is -0.150. The number of aryl methyl sites for hydroxylation is 1. The van der Waals surface area contributed by atoms with E-state index in [1.54, 1.807) is 6.07 Å². The largest absolute Gasteiger partial charge is 0.231 e. The van der Waals surface area contributed by atoms with Gasteiger partial charge in [0.05, 0.1) is 5.02 Å². The van der Waals surface area contributed by atoms with Gasteiger partial charge < -0.3 is 0 Å². The maximum atomic E-state index is 12.6. The Kier molecular flexibility index (Phi) is 3.27. The van der Waals surface area contributed by atoms with Crippen LogP contribution in [0.2, 0.25) is 5.02 Å². The van der Waals surface area contributed by atoms with Crippen LogP contribution in [-0.2, 0) is 6.42 Å². The Bertz CT molecular complexity index is 254. The van der Waals surface area contributed by atoms with Gasteiger partial charge in [0.1, 0.15) is 0 Å². The molecule has 0 radical (unpaired) electrons. The predicted octanol–water partition coefficient (Wildman–Crippen LogP) is 2.81. The number of pyridine rings is 1. The summed E-state index contributed by atoms with van der Waals surface area (Å²) in [5.74, 6) is -0.592. The van der Waals surface area contributed by atoms with E-state index in [2.05, 4.69) is 20.9 Å². The molecule has 0 N–H and O–H groups in total. The topological polar surface area (TPSA) is 12.9 Å². The summed E-state index contributed by atoms with van der Waals surface area (Å²) in [6.45, 7) is 0. The molecule has 1 aromatic heterocycles. The lowest BCUT2D eigenvalue weighted by atomic mass is 10.2. The minimum Gasteiger partial charge on any atom is -0.227 e. The molecule has 0 bridgehead atoms. The van der Waals surface area contributed by atoms with Crippen molar-refractivity contribution in [3.05, 3.63) is 28.8 Å². The summed E-state index contributed by atoms with van der Waals surface area (Å²) in [4.78, 5) is 3.41. The van der Waals surface area contributed by atoms with E-state index in [4.69, 9.17) is 11.6 Å². The van der Waals surface area contributed by atoms with Crippen molar-refractivity contribution < 1.29 is 4.39 Å². The highest BCUT2D eigenvalue weighted by molar-refractivity contribution is 9.09. The first-order valence-corrected chi connectivity index (χ1v) is 4.60. The van der Waals surface area contributed by atoms with Crippen molar-refractivity contribution in [3.63, 3.8) is 0 Å². The van der Waals surface area contributed by atoms with Crippen LogP contribution in [0.5, 0.6) is 0 Å². The molecule has 4 heteroatoms. The molecule has 1 aromatic rings. The van der Waals surface area contributed by atoms with Crippen LogP contribution in [0.1, 0.15) is 5.56 Å². The van der Waals surface area contributed by atoms with E-state index in [1.807, 2.05) is 0 Å². The minimum atomic E-state index is -0.592. The number of aromatic nitrogens is 1. The number of hydrogen-bond donors (Lipinski definition) is 0. The van der Waals surface area contributed by atoms with Gasteiger partial charge >= 0.3 is 0 Å². The predicted molar refractivity (Wildman–Crippen MR) is 46.7 cm³/mol. The molecule has 0 amide bonds. The monoisotopic (exact) mass is 237 g/mol. The minimum absolute atomic E-state index is 0.131. The zero-order valence-corrected chi connectivity index (χ0v) is 7.99. The van der Waals surface area contributed by atoms with Gasteiger partial charge in [0.25, 0.3) is 0 Å². The van der Waals surface area contributed by atoms with Crippen molar-refractivity contribution in [1.29, 1.82) is 0 Å². The molecule has 0 aromatic carbocycles. The number of halogens is 3. The number of hydrogen-bond acceptors (Lipinski definition) is 1. The van der Waals surface area contributed by atoms with Crippen LogP contribution in [0.4, 0.5) is 4.39 Å². The smallest absolute Gasteiger partial charge is 0.227 e. The quantitative estimate of drug-likeness (QED) is 0.570. The van der Waals surface area contributed by atoms with Crippen molar-refractivity contribution in [2.75, 3.05) is 5.33 Å². The highest BCUT2D eigenvalue weighted by Gasteiger charge is 2.04. The second kappa shape index (κ2) is 4.02. The third-order valence-corrected chi connectivity index (χ3v) is 2.09. The van der Waals surface area contributed by atoms with Gasteiger partial charge in [-0.15, -0.1) is 0 Å². The van der Waals surface area contributed by atoms with E-state index in [-0.39, 0.29) is 5.02 Å². The third kappa shape index (κ3) is 2.14. The summed E-state index contributed by atoms with van der Waals surface area (Å²) in [6, 6.07) is 1.71. The van der Waals surface area contributed by atoms with Crippen molar-refractivity contribution >= 4 is 27.5 Å². The first-order chi connectivity index (χ1) is 5.25. The first kappa shape index (κ1) is 8.94. The second-order valence-electron chi connectivity index (χ2n) is 2.01. The Morgan fingerprint density at radius 1 is 1.64 bits per heavy atom. The summed E-state index contributed by atoms with van der Waals surface area (Å²) in [5, 5.41) is 0.905. The molecule has 0 fully saturated rings. The summed E-state index contributed by atoms with van der Waals surface area (Å²) in [6.07, 6.45) is 2.14. The van der Waals surface area contributed by atoms with E-state index >= 15 is 0 Å². The molecule has 0 saturated carbocycles. The molecule has 0 aliphatic carbocycles. The van der Waals surface area contributed by atoms with Gasteiger partial charge in [-0.25, -0.2) is 4.98 Å². The highest BCUT2D eigenvalue weighted by Crippen LogP contribution is 2.18. The van der Waals surface area contributed by atoms with Crippen LogP contribution in [0, 0.1) is 5.95 Å². The van der Waals surface area contributed by atoms with Crippen LogP contribution in [0.25, 0.3) is 0 Å². The van der Waals surface area contributed by atoms with Gasteiger partial charge in [-0.2, -0.15) is 4.39 Å². The van der Waals surface area contributed by atoms with Crippen molar-refractivity contribution in [3.8, 4) is 0 Å². The van der Waals surface area contributed by atoms with Gasteiger partial charge in [0.15, 0.2) is 0 Å².